The molecule has 0 saturated carbocycles. The number of benzene rings is 2. The van der Waals surface area contributed by atoms with E-state index >= 15 is 0 Å². The number of hydrogen-bond donors (Lipinski definition) is 0. The van der Waals surface area contributed by atoms with Crippen molar-refractivity contribution in [1.29, 1.82) is 0 Å². The van der Waals surface area contributed by atoms with Crippen LogP contribution >= 0.6 is 0 Å². The summed E-state index contributed by atoms with van der Waals surface area (Å²) in [4.78, 5) is 10.4. The first kappa shape index (κ1) is 15.7. The summed E-state index contributed by atoms with van der Waals surface area (Å²) in [6.45, 7) is 5.45. The predicted octanol–water partition coefficient (Wildman–Crippen LogP) is 4.46. The van der Waals surface area contributed by atoms with Crippen LogP contribution in [-0.2, 0) is 6.54 Å². The quantitative estimate of drug-likeness (QED) is 0.603. The Morgan fingerprint density at radius 3 is 2.46 bits per heavy atom. The maximum absolute atomic E-state index is 5.67. The molecular weight excluding hydrogens is 298 g/mol. The molecule has 0 aliphatic rings. The van der Waals surface area contributed by atoms with Gasteiger partial charge in [-0.3, -0.25) is 4.98 Å². The molecule has 0 saturated heterocycles. The third-order valence-electron chi connectivity index (χ3n) is 3.53. The minimum atomic E-state index is 0.489. The van der Waals surface area contributed by atoms with Crippen LogP contribution in [0.25, 0.3) is 0 Å². The fraction of sp³-hybridized carbons (Fsp3) is 0.100. The van der Waals surface area contributed by atoms with Gasteiger partial charge in [0.05, 0.1) is 6.20 Å². The molecule has 1 aromatic heterocycles. The van der Waals surface area contributed by atoms with E-state index in [-0.39, 0.29) is 0 Å². The van der Waals surface area contributed by atoms with E-state index in [2.05, 4.69) is 45.7 Å². The van der Waals surface area contributed by atoms with E-state index in [9.17, 15) is 0 Å². The lowest BCUT2D eigenvalue weighted by atomic mass is 10.2. The van der Waals surface area contributed by atoms with Crippen molar-refractivity contribution < 1.29 is 4.74 Å². The zero-order valence-electron chi connectivity index (χ0n) is 13.4. The van der Waals surface area contributed by atoms with Crippen LogP contribution in [0.3, 0.4) is 0 Å². The van der Waals surface area contributed by atoms with Crippen LogP contribution in [-0.4, -0.2) is 16.5 Å². The lowest BCUT2D eigenvalue weighted by Gasteiger charge is -2.23. The maximum atomic E-state index is 5.67. The molecule has 4 nitrogen and oxygen atoms in total. The highest BCUT2D eigenvalue weighted by Crippen LogP contribution is 2.21. The number of rotatable bonds is 7. The van der Waals surface area contributed by atoms with Crippen molar-refractivity contribution in [2.24, 2.45) is 0 Å². The summed E-state index contributed by atoms with van der Waals surface area (Å²) in [5.41, 5.74) is 2.38. The Labute approximate surface area is 142 Å². The van der Waals surface area contributed by atoms with E-state index in [0.29, 0.717) is 5.88 Å². The number of nitrogens with zero attached hydrogens (tertiary/aromatic N) is 3. The number of aromatic nitrogens is 2. The van der Waals surface area contributed by atoms with Gasteiger partial charge in [-0.2, -0.15) is 0 Å². The van der Waals surface area contributed by atoms with Crippen molar-refractivity contribution >= 4 is 5.69 Å². The van der Waals surface area contributed by atoms with E-state index in [0.717, 1.165) is 18.8 Å². The van der Waals surface area contributed by atoms with Gasteiger partial charge in [0.25, 0.3) is 0 Å². The SMILES string of the molecule is C=CCN(Cc1ccc(Oc2cnccn2)cc1)c1ccccc1. The van der Waals surface area contributed by atoms with Gasteiger partial charge < -0.3 is 9.64 Å². The molecule has 1 heterocycles. The Hall–Kier alpha value is -3.14. The molecule has 3 aromatic rings. The van der Waals surface area contributed by atoms with Crippen molar-refractivity contribution in [3.05, 3.63) is 91.4 Å². The molecule has 0 amide bonds. The highest BCUT2D eigenvalue weighted by atomic mass is 16.5. The van der Waals surface area contributed by atoms with Gasteiger partial charge >= 0.3 is 0 Å². The molecule has 24 heavy (non-hydrogen) atoms. The second-order valence-electron chi connectivity index (χ2n) is 5.29. The number of para-hydroxylation sites is 1. The molecule has 0 aliphatic carbocycles. The summed E-state index contributed by atoms with van der Waals surface area (Å²) in [5, 5.41) is 0. The van der Waals surface area contributed by atoms with E-state index in [1.165, 1.54) is 11.3 Å². The summed E-state index contributed by atoms with van der Waals surface area (Å²) < 4.78 is 5.67. The lowest BCUT2D eigenvalue weighted by Crippen LogP contribution is -2.22. The van der Waals surface area contributed by atoms with Crippen LogP contribution < -0.4 is 9.64 Å². The minimum absolute atomic E-state index is 0.489. The Bertz CT molecular complexity index is 758. The first-order chi connectivity index (χ1) is 11.8. The monoisotopic (exact) mass is 317 g/mol. The maximum Gasteiger partial charge on any atom is 0.237 e. The first-order valence-electron chi connectivity index (χ1n) is 7.79. The first-order valence-corrected chi connectivity index (χ1v) is 7.79. The standard InChI is InChI=1S/C20H19N3O/c1-2-14-23(18-6-4-3-5-7-18)16-17-8-10-19(11-9-17)24-20-15-21-12-13-22-20/h2-13,15H,1,14,16H2. The Kier molecular flexibility index (Phi) is 5.20. The van der Waals surface area contributed by atoms with Crippen LogP contribution in [0.1, 0.15) is 5.56 Å². The molecule has 0 N–H and O–H groups in total. The summed E-state index contributed by atoms with van der Waals surface area (Å²) in [7, 11) is 0. The van der Waals surface area contributed by atoms with Crippen molar-refractivity contribution in [3.63, 3.8) is 0 Å². The molecule has 0 radical (unpaired) electrons. The van der Waals surface area contributed by atoms with Gasteiger partial charge in [0.1, 0.15) is 5.75 Å². The van der Waals surface area contributed by atoms with Crippen LogP contribution in [0, 0.1) is 0 Å². The smallest absolute Gasteiger partial charge is 0.237 e. The minimum Gasteiger partial charge on any atom is -0.438 e. The molecule has 0 bridgehead atoms. The summed E-state index contributed by atoms with van der Waals surface area (Å²) in [6.07, 6.45) is 6.73. The molecule has 3 rings (SSSR count). The number of anilines is 1. The van der Waals surface area contributed by atoms with E-state index in [4.69, 9.17) is 4.74 Å². The fourth-order valence-corrected chi connectivity index (χ4v) is 2.40. The zero-order valence-corrected chi connectivity index (χ0v) is 13.4. The van der Waals surface area contributed by atoms with Gasteiger partial charge in [0.2, 0.25) is 5.88 Å². The molecule has 0 spiro atoms. The summed E-state index contributed by atoms with van der Waals surface area (Å²) in [5.74, 6) is 1.23. The molecule has 0 unspecified atom stereocenters. The predicted molar refractivity (Wildman–Crippen MR) is 96.2 cm³/mol. The van der Waals surface area contributed by atoms with Crippen LogP contribution in [0.5, 0.6) is 11.6 Å². The second-order valence-corrected chi connectivity index (χ2v) is 5.29. The Morgan fingerprint density at radius 1 is 1.00 bits per heavy atom. The average Bonchev–Trinajstić information content (AvgIpc) is 2.64. The zero-order chi connectivity index (χ0) is 16.6. The lowest BCUT2D eigenvalue weighted by molar-refractivity contribution is 0.460. The molecule has 120 valence electrons. The number of hydrogen-bond acceptors (Lipinski definition) is 4. The Morgan fingerprint density at radius 2 is 1.79 bits per heavy atom. The van der Waals surface area contributed by atoms with Gasteiger partial charge in [-0.15, -0.1) is 6.58 Å². The Balaban J connectivity index is 1.69. The summed E-state index contributed by atoms with van der Waals surface area (Å²) in [6, 6.07) is 18.3. The second kappa shape index (κ2) is 7.92. The van der Waals surface area contributed by atoms with E-state index < -0.39 is 0 Å². The van der Waals surface area contributed by atoms with Crippen LogP contribution in [0.2, 0.25) is 0 Å². The highest BCUT2D eigenvalue weighted by Gasteiger charge is 2.06. The largest absolute Gasteiger partial charge is 0.438 e. The summed E-state index contributed by atoms with van der Waals surface area (Å²) >= 11 is 0. The number of ether oxygens (including phenoxy) is 1. The van der Waals surface area contributed by atoms with Gasteiger partial charge in [-0.1, -0.05) is 36.4 Å². The van der Waals surface area contributed by atoms with Crippen LogP contribution in [0.4, 0.5) is 5.69 Å². The van der Waals surface area contributed by atoms with E-state index in [1.54, 1.807) is 18.6 Å². The third-order valence-corrected chi connectivity index (χ3v) is 3.53. The fourth-order valence-electron chi connectivity index (χ4n) is 2.40. The van der Waals surface area contributed by atoms with Gasteiger partial charge in [0.15, 0.2) is 0 Å². The molecule has 2 aromatic carbocycles. The van der Waals surface area contributed by atoms with Gasteiger partial charge in [0, 0.05) is 31.2 Å². The third kappa shape index (κ3) is 4.20. The normalized spacial score (nSPS) is 10.2. The highest BCUT2D eigenvalue weighted by molar-refractivity contribution is 5.47. The van der Waals surface area contributed by atoms with Gasteiger partial charge in [-0.05, 0) is 29.8 Å². The van der Waals surface area contributed by atoms with Gasteiger partial charge in [-0.25, -0.2) is 4.98 Å². The van der Waals surface area contributed by atoms with Crippen LogP contribution in [0.15, 0.2) is 85.8 Å². The van der Waals surface area contributed by atoms with Crippen molar-refractivity contribution in [2.45, 2.75) is 6.54 Å². The molecule has 0 fully saturated rings. The molecule has 4 heteroatoms. The van der Waals surface area contributed by atoms with Crippen molar-refractivity contribution in [2.75, 3.05) is 11.4 Å². The van der Waals surface area contributed by atoms with Crippen molar-refractivity contribution in [3.8, 4) is 11.6 Å². The molecular formula is C20H19N3O. The van der Waals surface area contributed by atoms with Crippen molar-refractivity contribution in [1.82, 2.24) is 9.97 Å². The molecule has 0 aliphatic heterocycles. The van der Waals surface area contributed by atoms with E-state index in [1.807, 2.05) is 36.4 Å². The topological polar surface area (TPSA) is 38.2 Å². The molecule has 0 atom stereocenters. The average molecular weight is 317 g/mol.